The lowest BCUT2D eigenvalue weighted by Gasteiger charge is -2.27. The van der Waals surface area contributed by atoms with E-state index < -0.39 is 10.0 Å². The Hall–Kier alpha value is -1.35. The highest BCUT2D eigenvalue weighted by Crippen LogP contribution is 2.12. The van der Waals surface area contributed by atoms with Crippen LogP contribution >= 0.6 is 12.4 Å². The van der Waals surface area contributed by atoms with E-state index in [1.165, 1.54) is 0 Å². The molecule has 26 heavy (non-hydrogen) atoms. The number of hydrogen-bond donors (Lipinski definition) is 3. The number of benzene rings is 1. The van der Waals surface area contributed by atoms with Gasteiger partial charge in [0.2, 0.25) is 10.0 Å². The Labute approximate surface area is 162 Å². The SMILES string of the molecule is CCCS(=O)(=O)Nc1ccc(C(=O)NCCCN2CCNCC2)cc1.Cl. The molecule has 1 aliphatic heterocycles. The molecule has 0 bridgehead atoms. The molecular weight excluding hydrogens is 376 g/mol. The van der Waals surface area contributed by atoms with Gasteiger partial charge in [0.1, 0.15) is 0 Å². The fourth-order valence-corrected chi connectivity index (χ4v) is 3.87. The maximum Gasteiger partial charge on any atom is 0.251 e. The lowest BCUT2D eigenvalue weighted by Crippen LogP contribution is -2.44. The predicted octanol–water partition coefficient (Wildman–Crippen LogP) is 1.29. The highest BCUT2D eigenvalue weighted by Gasteiger charge is 2.11. The smallest absolute Gasteiger partial charge is 0.251 e. The molecule has 0 atom stereocenters. The quantitative estimate of drug-likeness (QED) is 0.539. The summed E-state index contributed by atoms with van der Waals surface area (Å²) in [6.45, 7) is 7.61. The highest BCUT2D eigenvalue weighted by atomic mass is 35.5. The van der Waals surface area contributed by atoms with E-state index in [9.17, 15) is 13.2 Å². The molecule has 1 fully saturated rings. The van der Waals surface area contributed by atoms with Gasteiger partial charge in [-0.2, -0.15) is 0 Å². The molecular formula is C17H29ClN4O3S. The van der Waals surface area contributed by atoms with E-state index in [-0.39, 0.29) is 24.1 Å². The molecule has 1 amide bonds. The van der Waals surface area contributed by atoms with Crippen LogP contribution in [0.4, 0.5) is 5.69 Å². The minimum absolute atomic E-state index is 0. The standard InChI is InChI=1S/C17H28N4O3S.ClH/c1-2-14-25(23,24)20-16-6-4-15(5-7-16)17(22)19-8-3-11-21-12-9-18-10-13-21;/h4-7,18,20H,2-3,8-14H2,1H3,(H,19,22);1H. The van der Waals surface area contributed by atoms with Gasteiger partial charge in [0.05, 0.1) is 5.75 Å². The van der Waals surface area contributed by atoms with Crippen LogP contribution in [0.3, 0.4) is 0 Å². The third-order valence-corrected chi connectivity index (χ3v) is 5.53. The Balaban J connectivity index is 0.00000338. The lowest BCUT2D eigenvalue weighted by atomic mass is 10.2. The third kappa shape index (κ3) is 7.90. The van der Waals surface area contributed by atoms with Crippen LogP contribution in [-0.4, -0.2) is 64.2 Å². The first-order valence-electron chi connectivity index (χ1n) is 8.82. The third-order valence-electron chi connectivity index (χ3n) is 4.04. The highest BCUT2D eigenvalue weighted by molar-refractivity contribution is 7.92. The van der Waals surface area contributed by atoms with Gasteiger partial charge in [-0.25, -0.2) is 8.42 Å². The van der Waals surface area contributed by atoms with Gasteiger partial charge in [0, 0.05) is 44.0 Å². The fourth-order valence-electron chi connectivity index (χ4n) is 2.73. The molecule has 1 saturated heterocycles. The molecule has 0 unspecified atom stereocenters. The number of nitrogens with one attached hydrogen (secondary N) is 3. The summed E-state index contributed by atoms with van der Waals surface area (Å²) in [4.78, 5) is 14.5. The molecule has 1 heterocycles. The number of sulfonamides is 1. The summed E-state index contributed by atoms with van der Waals surface area (Å²) in [5.41, 5.74) is 1.00. The molecule has 148 valence electrons. The van der Waals surface area contributed by atoms with Crippen molar-refractivity contribution in [3.8, 4) is 0 Å². The molecule has 7 nitrogen and oxygen atoms in total. The number of carbonyl (C=O) groups excluding carboxylic acids is 1. The van der Waals surface area contributed by atoms with Crippen LogP contribution in [0.15, 0.2) is 24.3 Å². The van der Waals surface area contributed by atoms with Crippen LogP contribution in [0.2, 0.25) is 0 Å². The molecule has 3 N–H and O–H groups in total. The Kier molecular flexibility index (Phi) is 9.93. The minimum Gasteiger partial charge on any atom is -0.352 e. The number of carbonyl (C=O) groups is 1. The van der Waals surface area contributed by atoms with Gasteiger partial charge >= 0.3 is 0 Å². The zero-order chi connectivity index (χ0) is 18.1. The van der Waals surface area contributed by atoms with Crippen LogP contribution in [-0.2, 0) is 10.0 Å². The van der Waals surface area contributed by atoms with Crippen molar-refractivity contribution >= 4 is 34.0 Å². The second-order valence-electron chi connectivity index (χ2n) is 6.20. The summed E-state index contributed by atoms with van der Waals surface area (Å²) in [7, 11) is -3.31. The molecule has 0 aliphatic carbocycles. The van der Waals surface area contributed by atoms with Gasteiger partial charge in [-0.15, -0.1) is 12.4 Å². The van der Waals surface area contributed by atoms with Crippen molar-refractivity contribution in [2.24, 2.45) is 0 Å². The minimum atomic E-state index is -3.31. The van der Waals surface area contributed by atoms with Gasteiger partial charge in [-0.1, -0.05) is 6.92 Å². The molecule has 0 saturated carbocycles. The Morgan fingerprint density at radius 2 is 1.85 bits per heavy atom. The van der Waals surface area contributed by atoms with E-state index in [2.05, 4.69) is 20.3 Å². The normalized spacial score (nSPS) is 15.1. The average Bonchev–Trinajstić information content (AvgIpc) is 2.59. The number of halogens is 1. The van der Waals surface area contributed by atoms with E-state index in [4.69, 9.17) is 0 Å². The number of nitrogens with zero attached hydrogens (tertiary/aromatic N) is 1. The number of amides is 1. The number of anilines is 1. The van der Waals surface area contributed by atoms with Crippen LogP contribution in [0.1, 0.15) is 30.1 Å². The van der Waals surface area contributed by atoms with E-state index >= 15 is 0 Å². The first-order valence-corrected chi connectivity index (χ1v) is 10.5. The molecule has 0 radical (unpaired) electrons. The monoisotopic (exact) mass is 404 g/mol. The predicted molar refractivity (Wildman–Crippen MR) is 108 cm³/mol. The van der Waals surface area contributed by atoms with E-state index in [1.807, 2.05) is 6.92 Å². The Bertz CT molecular complexity index is 646. The van der Waals surface area contributed by atoms with E-state index in [1.54, 1.807) is 24.3 Å². The molecule has 0 spiro atoms. The number of piperazine rings is 1. The Morgan fingerprint density at radius 1 is 1.19 bits per heavy atom. The topological polar surface area (TPSA) is 90.5 Å². The van der Waals surface area contributed by atoms with Gasteiger partial charge in [0.25, 0.3) is 5.91 Å². The largest absolute Gasteiger partial charge is 0.352 e. The van der Waals surface area contributed by atoms with Gasteiger partial charge in [-0.3, -0.25) is 9.52 Å². The van der Waals surface area contributed by atoms with Crippen molar-refractivity contribution in [3.05, 3.63) is 29.8 Å². The van der Waals surface area contributed by atoms with Crippen molar-refractivity contribution < 1.29 is 13.2 Å². The number of rotatable bonds is 9. The summed E-state index contributed by atoms with van der Waals surface area (Å²) in [6.07, 6.45) is 1.48. The summed E-state index contributed by atoms with van der Waals surface area (Å²) in [5.74, 6) is -0.0502. The molecule has 9 heteroatoms. The van der Waals surface area contributed by atoms with E-state index in [0.29, 0.717) is 24.2 Å². The van der Waals surface area contributed by atoms with Crippen molar-refractivity contribution in [3.63, 3.8) is 0 Å². The van der Waals surface area contributed by atoms with Gasteiger partial charge in [0.15, 0.2) is 0 Å². The molecule has 2 rings (SSSR count). The van der Waals surface area contributed by atoms with Crippen LogP contribution in [0, 0.1) is 0 Å². The van der Waals surface area contributed by atoms with Gasteiger partial charge < -0.3 is 15.5 Å². The van der Waals surface area contributed by atoms with Crippen molar-refractivity contribution in [2.75, 3.05) is 49.7 Å². The van der Waals surface area contributed by atoms with Gasteiger partial charge in [-0.05, 0) is 43.7 Å². The summed E-state index contributed by atoms with van der Waals surface area (Å²) in [6, 6.07) is 6.50. The maximum atomic E-state index is 12.1. The first kappa shape index (κ1) is 22.7. The molecule has 0 aromatic heterocycles. The summed E-state index contributed by atoms with van der Waals surface area (Å²) >= 11 is 0. The molecule has 1 aromatic rings. The average molecular weight is 405 g/mol. The summed E-state index contributed by atoms with van der Waals surface area (Å²) < 4.78 is 26.0. The fraction of sp³-hybridized carbons (Fsp3) is 0.588. The second-order valence-corrected chi connectivity index (χ2v) is 8.04. The van der Waals surface area contributed by atoms with Crippen molar-refractivity contribution in [1.29, 1.82) is 0 Å². The molecule has 1 aliphatic rings. The van der Waals surface area contributed by atoms with E-state index in [0.717, 1.165) is 39.1 Å². The van der Waals surface area contributed by atoms with Crippen LogP contribution in [0.25, 0.3) is 0 Å². The lowest BCUT2D eigenvalue weighted by molar-refractivity contribution is 0.0951. The maximum absolute atomic E-state index is 12.1. The van der Waals surface area contributed by atoms with Crippen LogP contribution < -0.4 is 15.4 Å². The summed E-state index contributed by atoms with van der Waals surface area (Å²) in [5, 5.41) is 6.22. The Morgan fingerprint density at radius 3 is 2.46 bits per heavy atom. The zero-order valence-electron chi connectivity index (χ0n) is 15.2. The zero-order valence-corrected chi connectivity index (χ0v) is 16.8. The second kappa shape index (κ2) is 11.4. The molecule has 1 aromatic carbocycles. The van der Waals surface area contributed by atoms with Crippen molar-refractivity contribution in [1.82, 2.24) is 15.5 Å². The van der Waals surface area contributed by atoms with Crippen LogP contribution in [0.5, 0.6) is 0 Å². The first-order chi connectivity index (χ1) is 12.0. The number of hydrogen-bond acceptors (Lipinski definition) is 5. The van der Waals surface area contributed by atoms with Crippen molar-refractivity contribution in [2.45, 2.75) is 19.8 Å².